The van der Waals surface area contributed by atoms with Crippen molar-refractivity contribution in [1.29, 1.82) is 0 Å². The average molecular weight is 369 g/mol. The second-order valence-electron chi connectivity index (χ2n) is 7.18. The fraction of sp³-hybridized carbons (Fsp3) is 0.409. The number of hydrogen-bond donors (Lipinski definition) is 1. The van der Waals surface area contributed by atoms with Crippen molar-refractivity contribution in [3.8, 4) is 0 Å². The van der Waals surface area contributed by atoms with E-state index in [0.717, 1.165) is 29.5 Å². The molecule has 1 fully saturated rings. The summed E-state index contributed by atoms with van der Waals surface area (Å²) >= 11 is 1.57. The zero-order chi connectivity index (χ0) is 18.4. The molecule has 1 heterocycles. The first-order chi connectivity index (χ1) is 12.6. The first-order valence-electron chi connectivity index (χ1n) is 9.44. The first-order valence-corrected chi connectivity index (χ1v) is 10.4. The van der Waals surface area contributed by atoms with Gasteiger partial charge in [0, 0.05) is 23.7 Å². The molecule has 0 aromatic heterocycles. The Morgan fingerprint density at radius 3 is 2.62 bits per heavy atom. The molecule has 3 rings (SSSR count). The molecule has 1 amide bonds. The van der Waals surface area contributed by atoms with Gasteiger partial charge in [0.25, 0.3) is 0 Å². The number of carbonyl (C=O) groups is 1. The number of amides is 1. The van der Waals surface area contributed by atoms with Crippen LogP contribution in [-0.4, -0.2) is 24.7 Å². The molecule has 2 aromatic carbocycles. The van der Waals surface area contributed by atoms with Crippen LogP contribution in [0.4, 0.5) is 5.69 Å². The smallest absolute Gasteiger partial charge is 0.230 e. The molecule has 1 aliphatic heterocycles. The summed E-state index contributed by atoms with van der Waals surface area (Å²) in [6.07, 6.45) is 2.60. The quantitative estimate of drug-likeness (QED) is 0.737. The van der Waals surface area contributed by atoms with Crippen LogP contribution in [0.2, 0.25) is 0 Å². The maximum absolute atomic E-state index is 12.2. The highest BCUT2D eigenvalue weighted by Gasteiger charge is 2.17. The third kappa shape index (κ3) is 5.28. The van der Waals surface area contributed by atoms with Crippen LogP contribution in [0, 0.1) is 5.92 Å². The fourth-order valence-electron chi connectivity index (χ4n) is 3.43. The minimum Gasteiger partial charge on any atom is -0.371 e. The van der Waals surface area contributed by atoms with Crippen LogP contribution in [0.25, 0.3) is 0 Å². The number of hydrogen-bond acceptors (Lipinski definition) is 3. The second kappa shape index (κ2) is 9.13. The van der Waals surface area contributed by atoms with Gasteiger partial charge in [-0.1, -0.05) is 37.3 Å². The van der Waals surface area contributed by atoms with Gasteiger partial charge >= 0.3 is 0 Å². The SMILES string of the molecule is CC1CCCN(c2ccc(C(C)NC(=O)CSc3ccccc3)cc2)C1. The van der Waals surface area contributed by atoms with E-state index in [4.69, 9.17) is 0 Å². The van der Waals surface area contributed by atoms with Crippen molar-refractivity contribution in [2.24, 2.45) is 5.92 Å². The van der Waals surface area contributed by atoms with Crippen LogP contribution < -0.4 is 10.2 Å². The number of rotatable bonds is 6. The fourth-order valence-corrected chi connectivity index (χ4v) is 4.16. The van der Waals surface area contributed by atoms with E-state index in [9.17, 15) is 4.79 Å². The van der Waals surface area contributed by atoms with E-state index in [2.05, 4.69) is 41.4 Å². The number of piperidine rings is 1. The monoisotopic (exact) mass is 368 g/mol. The average Bonchev–Trinajstić information content (AvgIpc) is 2.67. The molecule has 2 unspecified atom stereocenters. The molecule has 0 aliphatic carbocycles. The summed E-state index contributed by atoms with van der Waals surface area (Å²) in [6.45, 7) is 6.66. The van der Waals surface area contributed by atoms with Crippen LogP contribution in [-0.2, 0) is 4.79 Å². The Morgan fingerprint density at radius 2 is 1.92 bits per heavy atom. The van der Waals surface area contributed by atoms with Gasteiger partial charge in [-0.05, 0) is 55.5 Å². The lowest BCUT2D eigenvalue weighted by Crippen LogP contribution is -2.34. The molecule has 0 bridgehead atoms. The van der Waals surface area contributed by atoms with Crippen LogP contribution in [0.1, 0.15) is 38.3 Å². The molecule has 0 saturated carbocycles. The largest absolute Gasteiger partial charge is 0.371 e. The molecular formula is C22H28N2OS. The van der Waals surface area contributed by atoms with E-state index < -0.39 is 0 Å². The maximum atomic E-state index is 12.2. The molecule has 2 aromatic rings. The third-order valence-corrected chi connectivity index (χ3v) is 5.92. The highest BCUT2D eigenvalue weighted by atomic mass is 32.2. The Kier molecular flexibility index (Phi) is 6.62. The van der Waals surface area contributed by atoms with Crippen LogP contribution in [0.5, 0.6) is 0 Å². The Morgan fingerprint density at radius 1 is 1.19 bits per heavy atom. The minimum absolute atomic E-state index is 0.0215. The summed E-state index contributed by atoms with van der Waals surface area (Å²) < 4.78 is 0. The zero-order valence-electron chi connectivity index (χ0n) is 15.7. The number of thioether (sulfide) groups is 1. The lowest BCUT2D eigenvalue weighted by molar-refractivity contribution is -0.119. The van der Waals surface area contributed by atoms with Crippen molar-refractivity contribution < 1.29 is 4.79 Å². The van der Waals surface area contributed by atoms with Gasteiger partial charge in [0.2, 0.25) is 5.91 Å². The number of nitrogens with one attached hydrogen (secondary N) is 1. The van der Waals surface area contributed by atoms with Gasteiger partial charge in [-0.15, -0.1) is 11.8 Å². The van der Waals surface area contributed by atoms with Crippen molar-refractivity contribution in [2.45, 2.75) is 37.6 Å². The number of nitrogens with zero attached hydrogens (tertiary/aromatic N) is 1. The van der Waals surface area contributed by atoms with Crippen LogP contribution in [0.3, 0.4) is 0 Å². The number of carbonyl (C=O) groups excluding carboxylic acids is 1. The third-order valence-electron chi connectivity index (χ3n) is 4.91. The van der Waals surface area contributed by atoms with Gasteiger partial charge < -0.3 is 10.2 Å². The molecular weight excluding hydrogens is 340 g/mol. The molecule has 26 heavy (non-hydrogen) atoms. The van der Waals surface area contributed by atoms with Crippen LogP contribution in [0.15, 0.2) is 59.5 Å². The molecule has 2 atom stereocenters. The lowest BCUT2D eigenvalue weighted by Gasteiger charge is -2.33. The summed E-state index contributed by atoms with van der Waals surface area (Å²) in [5, 5.41) is 3.10. The zero-order valence-corrected chi connectivity index (χ0v) is 16.5. The maximum Gasteiger partial charge on any atom is 0.230 e. The topological polar surface area (TPSA) is 32.3 Å². The molecule has 138 valence electrons. The van der Waals surface area contributed by atoms with Gasteiger partial charge in [0.05, 0.1) is 11.8 Å². The number of anilines is 1. The molecule has 4 heteroatoms. The Balaban J connectivity index is 1.51. The molecule has 1 N–H and O–H groups in total. The lowest BCUT2D eigenvalue weighted by atomic mass is 9.99. The van der Waals surface area contributed by atoms with E-state index in [1.165, 1.54) is 18.5 Å². The van der Waals surface area contributed by atoms with E-state index in [1.807, 2.05) is 37.3 Å². The minimum atomic E-state index is 0.0215. The molecule has 0 radical (unpaired) electrons. The van der Waals surface area contributed by atoms with E-state index in [1.54, 1.807) is 11.8 Å². The number of benzene rings is 2. The van der Waals surface area contributed by atoms with Crippen molar-refractivity contribution in [3.63, 3.8) is 0 Å². The summed E-state index contributed by atoms with van der Waals surface area (Å²) in [6, 6.07) is 18.7. The molecule has 3 nitrogen and oxygen atoms in total. The van der Waals surface area contributed by atoms with Gasteiger partial charge in [-0.3, -0.25) is 4.79 Å². The normalized spacial score (nSPS) is 18.4. The van der Waals surface area contributed by atoms with E-state index >= 15 is 0 Å². The first kappa shape index (κ1) is 18.8. The highest BCUT2D eigenvalue weighted by molar-refractivity contribution is 8.00. The second-order valence-corrected chi connectivity index (χ2v) is 8.22. The van der Waals surface area contributed by atoms with Crippen molar-refractivity contribution in [2.75, 3.05) is 23.7 Å². The van der Waals surface area contributed by atoms with E-state index in [0.29, 0.717) is 5.75 Å². The van der Waals surface area contributed by atoms with Gasteiger partial charge in [0.15, 0.2) is 0 Å². The standard InChI is InChI=1S/C22H28N2OS/c1-17-7-6-14-24(15-17)20-12-10-19(11-13-20)18(2)23-22(25)16-26-21-8-4-3-5-9-21/h3-5,8-13,17-18H,6-7,14-16H2,1-2H3,(H,23,25). The van der Waals surface area contributed by atoms with Crippen molar-refractivity contribution >= 4 is 23.4 Å². The van der Waals surface area contributed by atoms with Gasteiger partial charge in [-0.2, -0.15) is 0 Å². The predicted octanol–water partition coefficient (Wildman–Crippen LogP) is 4.89. The molecule has 1 aliphatic rings. The Bertz CT molecular complexity index is 702. The summed E-state index contributed by atoms with van der Waals surface area (Å²) in [7, 11) is 0. The predicted molar refractivity (Wildman–Crippen MR) is 111 cm³/mol. The summed E-state index contributed by atoms with van der Waals surface area (Å²) in [5.41, 5.74) is 2.44. The Labute approximate surface area is 161 Å². The van der Waals surface area contributed by atoms with Crippen molar-refractivity contribution in [3.05, 3.63) is 60.2 Å². The molecule has 1 saturated heterocycles. The highest BCUT2D eigenvalue weighted by Crippen LogP contribution is 2.25. The summed E-state index contributed by atoms with van der Waals surface area (Å²) in [4.78, 5) is 15.8. The van der Waals surface area contributed by atoms with E-state index in [-0.39, 0.29) is 11.9 Å². The summed E-state index contributed by atoms with van der Waals surface area (Å²) in [5.74, 6) is 1.28. The Hall–Kier alpha value is -1.94. The van der Waals surface area contributed by atoms with Crippen LogP contribution >= 0.6 is 11.8 Å². The van der Waals surface area contributed by atoms with Crippen molar-refractivity contribution in [1.82, 2.24) is 5.32 Å². The van der Waals surface area contributed by atoms with Gasteiger partial charge in [-0.25, -0.2) is 0 Å². The van der Waals surface area contributed by atoms with Gasteiger partial charge in [0.1, 0.15) is 0 Å². The molecule has 0 spiro atoms.